The fourth-order valence-corrected chi connectivity index (χ4v) is 4.60. The molecule has 1 atom stereocenters. The molecule has 0 fully saturated rings. The first-order valence-corrected chi connectivity index (χ1v) is 9.88. The van der Waals surface area contributed by atoms with E-state index in [0.29, 0.717) is 13.1 Å². The summed E-state index contributed by atoms with van der Waals surface area (Å²) < 4.78 is 28.5. The first-order valence-electron chi connectivity index (χ1n) is 6.50. The molecule has 0 N–H and O–H groups in total. The van der Waals surface area contributed by atoms with Gasteiger partial charge < -0.3 is 4.57 Å². The Morgan fingerprint density at radius 2 is 2.05 bits per heavy atom. The van der Waals surface area contributed by atoms with Crippen molar-refractivity contribution in [1.82, 2.24) is 8.87 Å². The second-order valence-electron chi connectivity index (χ2n) is 5.34. The quantitative estimate of drug-likeness (QED) is 0.570. The van der Waals surface area contributed by atoms with E-state index in [1.807, 2.05) is 13.1 Å². The molecule has 108 valence electrons. The number of para-hydroxylation sites is 1. The van der Waals surface area contributed by atoms with Gasteiger partial charge in [-0.15, -0.1) is 0 Å². The first kappa shape index (κ1) is 14.3. The molecular weight excluding hydrogens is 387 g/mol. The summed E-state index contributed by atoms with van der Waals surface area (Å²) in [4.78, 5) is 0. The molecule has 0 saturated heterocycles. The van der Waals surface area contributed by atoms with Gasteiger partial charge in [0.2, 0.25) is 10.0 Å². The molecule has 20 heavy (non-hydrogen) atoms. The van der Waals surface area contributed by atoms with Crippen LogP contribution in [0.5, 0.6) is 0 Å². The van der Waals surface area contributed by atoms with Crippen molar-refractivity contribution >= 4 is 43.5 Å². The molecular formula is C14H17IN2O2S. The van der Waals surface area contributed by atoms with Crippen LogP contribution in [0.2, 0.25) is 0 Å². The maximum absolute atomic E-state index is 11.9. The number of aryl methyl sites for hydroxylation is 1. The van der Waals surface area contributed by atoms with Crippen LogP contribution in [0.1, 0.15) is 17.2 Å². The summed E-state index contributed by atoms with van der Waals surface area (Å²) >= 11 is 2.35. The molecule has 1 unspecified atom stereocenters. The molecule has 6 heteroatoms. The number of hydrogen-bond donors (Lipinski definition) is 0. The molecule has 1 aliphatic rings. The van der Waals surface area contributed by atoms with Crippen LogP contribution in [0.3, 0.4) is 0 Å². The van der Waals surface area contributed by atoms with Gasteiger partial charge in [-0.25, -0.2) is 8.42 Å². The lowest BCUT2D eigenvalue weighted by Crippen LogP contribution is -2.38. The van der Waals surface area contributed by atoms with Crippen molar-refractivity contribution in [1.29, 1.82) is 0 Å². The Morgan fingerprint density at radius 3 is 2.70 bits per heavy atom. The zero-order chi connectivity index (χ0) is 14.5. The SMILES string of the molecule is Cn1c2c(c3ccccc31)C(CI)CN(S(C)(=O)=O)C2. The van der Waals surface area contributed by atoms with Gasteiger partial charge in [-0.1, -0.05) is 40.8 Å². The minimum atomic E-state index is -3.15. The third-order valence-electron chi connectivity index (χ3n) is 4.09. The Balaban J connectivity index is 2.24. The molecule has 0 aliphatic carbocycles. The van der Waals surface area contributed by atoms with E-state index in [2.05, 4.69) is 45.4 Å². The van der Waals surface area contributed by atoms with Crippen LogP contribution in [0.25, 0.3) is 10.9 Å². The van der Waals surface area contributed by atoms with Crippen molar-refractivity contribution in [3.63, 3.8) is 0 Å². The van der Waals surface area contributed by atoms with Crippen molar-refractivity contribution < 1.29 is 8.42 Å². The molecule has 2 aromatic rings. The van der Waals surface area contributed by atoms with Crippen molar-refractivity contribution in [3.05, 3.63) is 35.5 Å². The van der Waals surface area contributed by atoms with Gasteiger partial charge >= 0.3 is 0 Å². The van der Waals surface area contributed by atoms with Crippen molar-refractivity contribution in [2.45, 2.75) is 12.5 Å². The van der Waals surface area contributed by atoms with Crippen molar-refractivity contribution in [3.8, 4) is 0 Å². The van der Waals surface area contributed by atoms with Crippen LogP contribution in [0.15, 0.2) is 24.3 Å². The largest absolute Gasteiger partial charge is 0.346 e. The van der Waals surface area contributed by atoms with E-state index in [1.165, 1.54) is 22.7 Å². The number of halogens is 1. The second-order valence-corrected chi connectivity index (χ2v) is 8.21. The number of alkyl halides is 1. The number of rotatable bonds is 2. The Hall–Kier alpha value is -0.600. The van der Waals surface area contributed by atoms with Crippen LogP contribution in [0, 0.1) is 0 Å². The summed E-state index contributed by atoms with van der Waals surface area (Å²) in [5.41, 5.74) is 3.64. The van der Waals surface area contributed by atoms with Crippen LogP contribution in [-0.4, -0.2) is 34.5 Å². The summed E-state index contributed by atoms with van der Waals surface area (Å²) in [7, 11) is -1.12. The maximum atomic E-state index is 11.9. The second kappa shape index (κ2) is 4.99. The average Bonchev–Trinajstić information content (AvgIpc) is 2.71. The lowest BCUT2D eigenvalue weighted by atomic mass is 9.95. The van der Waals surface area contributed by atoms with E-state index in [1.54, 1.807) is 4.31 Å². The molecule has 0 bridgehead atoms. The number of aromatic nitrogens is 1. The highest BCUT2D eigenvalue weighted by Gasteiger charge is 2.33. The molecule has 0 amide bonds. The van der Waals surface area contributed by atoms with Gasteiger partial charge in [-0.2, -0.15) is 4.31 Å². The predicted octanol–water partition coefficient (Wildman–Crippen LogP) is 2.47. The highest BCUT2D eigenvalue weighted by Crippen LogP contribution is 2.37. The molecule has 1 aromatic carbocycles. The first-order chi connectivity index (χ1) is 9.43. The lowest BCUT2D eigenvalue weighted by molar-refractivity contribution is 0.362. The van der Waals surface area contributed by atoms with Gasteiger partial charge in [0.05, 0.1) is 12.8 Å². The molecule has 1 aromatic heterocycles. The van der Waals surface area contributed by atoms with Gasteiger partial charge in [0.15, 0.2) is 0 Å². The van der Waals surface area contributed by atoms with E-state index in [0.717, 1.165) is 10.1 Å². The van der Waals surface area contributed by atoms with E-state index in [4.69, 9.17) is 0 Å². The van der Waals surface area contributed by atoms with Crippen LogP contribution < -0.4 is 0 Å². The van der Waals surface area contributed by atoms with Crippen LogP contribution in [0.4, 0.5) is 0 Å². The number of nitrogens with zero attached hydrogens (tertiary/aromatic N) is 2. The monoisotopic (exact) mass is 404 g/mol. The molecule has 3 rings (SSSR count). The van der Waals surface area contributed by atoms with Crippen LogP contribution >= 0.6 is 22.6 Å². The normalized spacial score (nSPS) is 20.2. The van der Waals surface area contributed by atoms with Gasteiger partial charge in [0.1, 0.15) is 0 Å². The third kappa shape index (κ3) is 2.17. The van der Waals surface area contributed by atoms with E-state index >= 15 is 0 Å². The Labute approximate surface area is 132 Å². The maximum Gasteiger partial charge on any atom is 0.211 e. The van der Waals surface area contributed by atoms with Gasteiger partial charge in [0.25, 0.3) is 0 Å². The molecule has 0 spiro atoms. The molecule has 2 heterocycles. The Kier molecular flexibility index (Phi) is 3.58. The van der Waals surface area contributed by atoms with Gasteiger partial charge in [-0.3, -0.25) is 0 Å². The van der Waals surface area contributed by atoms with E-state index in [9.17, 15) is 8.42 Å². The highest BCUT2D eigenvalue weighted by molar-refractivity contribution is 14.1. The smallest absolute Gasteiger partial charge is 0.211 e. The van der Waals surface area contributed by atoms with Crippen LogP contribution in [-0.2, 0) is 23.6 Å². The highest BCUT2D eigenvalue weighted by atomic mass is 127. The van der Waals surface area contributed by atoms with E-state index in [-0.39, 0.29) is 5.92 Å². The summed E-state index contributed by atoms with van der Waals surface area (Å²) in [6.45, 7) is 1.06. The zero-order valence-electron chi connectivity index (χ0n) is 11.5. The topological polar surface area (TPSA) is 42.3 Å². The zero-order valence-corrected chi connectivity index (χ0v) is 14.5. The standard InChI is InChI=1S/C14H17IN2O2S/c1-16-12-6-4-3-5-11(12)14-10(7-15)8-17(9-13(14)16)20(2,18)19/h3-6,10H,7-9H2,1-2H3. The predicted molar refractivity (Wildman–Crippen MR) is 89.8 cm³/mol. The number of hydrogen-bond acceptors (Lipinski definition) is 2. The average molecular weight is 404 g/mol. The third-order valence-corrected chi connectivity index (χ3v) is 6.36. The molecule has 0 radical (unpaired) electrons. The lowest BCUT2D eigenvalue weighted by Gasteiger charge is -2.31. The van der Waals surface area contributed by atoms with Crippen molar-refractivity contribution in [2.24, 2.45) is 7.05 Å². The molecule has 4 nitrogen and oxygen atoms in total. The molecule has 0 saturated carbocycles. The summed E-state index contributed by atoms with van der Waals surface area (Å²) in [6.07, 6.45) is 1.30. The summed E-state index contributed by atoms with van der Waals surface area (Å²) in [5.74, 6) is 0.264. The Bertz CT molecular complexity index is 767. The van der Waals surface area contributed by atoms with Gasteiger partial charge in [0, 0.05) is 40.5 Å². The molecule has 1 aliphatic heterocycles. The fraction of sp³-hybridized carbons (Fsp3) is 0.429. The number of sulfonamides is 1. The Morgan fingerprint density at radius 1 is 1.35 bits per heavy atom. The number of fused-ring (bicyclic) bond motifs is 3. The van der Waals surface area contributed by atoms with E-state index < -0.39 is 10.0 Å². The van der Waals surface area contributed by atoms with Crippen molar-refractivity contribution in [2.75, 3.05) is 17.2 Å². The fourth-order valence-electron chi connectivity index (χ4n) is 3.07. The minimum absolute atomic E-state index is 0.264. The summed E-state index contributed by atoms with van der Waals surface area (Å²) in [5, 5.41) is 1.26. The minimum Gasteiger partial charge on any atom is -0.346 e. The summed E-state index contributed by atoms with van der Waals surface area (Å²) in [6, 6.07) is 8.32. The number of benzene rings is 1. The van der Waals surface area contributed by atoms with Gasteiger partial charge in [-0.05, 0) is 11.6 Å².